The summed E-state index contributed by atoms with van der Waals surface area (Å²) in [5.41, 5.74) is -2.19. The van der Waals surface area contributed by atoms with Gasteiger partial charge in [0.2, 0.25) is 18.2 Å². The molecule has 1 aliphatic carbocycles. The molecule has 1 atom stereocenters. The number of benzene rings is 3. The highest BCUT2D eigenvalue weighted by atomic mass is 31.2. The van der Waals surface area contributed by atoms with Gasteiger partial charge in [-0.25, -0.2) is 0 Å². The van der Waals surface area contributed by atoms with E-state index in [-0.39, 0.29) is 64.8 Å². The highest BCUT2D eigenvalue weighted by Gasteiger charge is 2.46. The standard InChI is InChI=1S/C26H35O7P.C13H16O2.CH4/c1-17(15-26(2,3)4)16-34(29,24(27)22-18(30-5)11-9-12-19(22)31-6)25(28)23-20(32-7)13-10-14-21(23)33-8;14-12(11-7-3-1-4-8-11)13(15)9-5-2-6-10-13;/h9-14,17H,15-16H2,1-8H3;1,3-4,7-8,15H,2,5-6,9-10H2;1H4. The molecule has 1 fully saturated rings. The van der Waals surface area contributed by atoms with Crippen LogP contribution in [0.25, 0.3) is 0 Å². The van der Waals surface area contributed by atoms with Crippen LogP contribution in [0, 0.1) is 11.3 Å². The van der Waals surface area contributed by atoms with Crippen molar-refractivity contribution >= 4 is 24.0 Å². The first kappa shape index (κ1) is 42.2. The lowest BCUT2D eigenvalue weighted by molar-refractivity contribution is 0.0116. The number of Topliss-reactive ketones (excluding diaryl/α,β-unsaturated/α-hetero) is 1. The zero-order valence-corrected chi connectivity index (χ0v) is 30.9. The molecule has 274 valence electrons. The fourth-order valence-electron chi connectivity index (χ4n) is 6.51. The van der Waals surface area contributed by atoms with Crippen molar-refractivity contribution in [2.45, 2.75) is 79.2 Å². The second-order valence-corrected chi connectivity index (χ2v) is 16.4. The molecule has 50 heavy (non-hydrogen) atoms. The molecule has 0 heterocycles. The zero-order chi connectivity index (χ0) is 36.4. The van der Waals surface area contributed by atoms with Gasteiger partial charge in [-0.15, -0.1) is 0 Å². The lowest BCUT2D eigenvalue weighted by Crippen LogP contribution is -2.40. The van der Waals surface area contributed by atoms with Gasteiger partial charge in [0.1, 0.15) is 39.7 Å². The summed E-state index contributed by atoms with van der Waals surface area (Å²) in [6.07, 6.45) is 4.82. The van der Waals surface area contributed by atoms with E-state index in [4.69, 9.17) is 18.9 Å². The predicted molar refractivity (Wildman–Crippen MR) is 199 cm³/mol. The lowest BCUT2D eigenvalue weighted by atomic mass is 9.79. The van der Waals surface area contributed by atoms with Crippen LogP contribution in [0.1, 0.15) is 105 Å². The van der Waals surface area contributed by atoms with Crippen LogP contribution in [0.2, 0.25) is 0 Å². The number of hydrogen-bond donors (Lipinski definition) is 1. The van der Waals surface area contributed by atoms with Gasteiger partial charge in [0.25, 0.3) is 0 Å². The molecular weight excluding hydrogens is 655 g/mol. The Labute approximate surface area is 298 Å². The Bertz CT molecular complexity index is 1520. The number of rotatable bonds is 13. The molecule has 0 aliphatic heterocycles. The fourth-order valence-corrected chi connectivity index (χ4v) is 9.20. The normalized spacial score (nSPS) is 14.5. The monoisotopic (exact) mass is 710 g/mol. The average molecular weight is 711 g/mol. The van der Waals surface area contributed by atoms with Crippen molar-refractivity contribution in [3.8, 4) is 23.0 Å². The predicted octanol–water partition coefficient (Wildman–Crippen LogP) is 9.34. The maximum absolute atomic E-state index is 14.7. The van der Waals surface area contributed by atoms with Gasteiger partial charge in [0, 0.05) is 11.7 Å². The van der Waals surface area contributed by atoms with Crippen LogP contribution in [0.5, 0.6) is 23.0 Å². The molecule has 0 aromatic heterocycles. The summed E-state index contributed by atoms with van der Waals surface area (Å²) >= 11 is 0. The smallest absolute Gasteiger partial charge is 0.236 e. The molecule has 0 bridgehead atoms. The van der Waals surface area contributed by atoms with E-state index in [1.807, 2.05) is 25.1 Å². The Morgan fingerprint density at radius 1 is 0.720 bits per heavy atom. The Balaban J connectivity index is 0.000000450. The molecular formula is C40H55O9P. The van der Waals surface area contributed by atoms with Crippen molar-refractivity contribution in [1.29, 1.82) is 0 Å². The molecule has 0 spiro atoms. The Morgan fingerprint density at radius 3 is 1.48 bits per heavy atom. The van der Waals surface area contributed by atoms with E-state index in [9.17, 15) is 24.1 Å². The highest BCUT2D eigenvalue weighted by molar-refractivity contribution is 7.95. The van der Waals surface area contributed by atoms with Crippen LogP contribution in [0.4, 0.5) is 0 Å². The van der Waals surface area contributed by atoms with Crippen LogP contribution in [-0.2, 0) is 4.57 Å². The molecule has 3 aromatic carbocycles. The van der Waals surface area contributed by atoms with E-state index in [0.29, 0.717) is 24.8 Å². The summed E-state index contributed by atoms with van der Waals surface area (Å²) in [7, 11) is 1.38. The Morgan fingerprint density at radius 2 is 1.12 bits per heavy atom. The molecule has 1 aliphatic rings. The van der Waals surface area contributed by atoms with Crippen molar-refractivity contribution < 1.29 is 43.0 Å². The summed E-state index contributed by atoms with van der Waals surface area (Å²) in [4.78, 5) is 40.1. The van der Waals surface area contributed by atoms with E-state index in [1.54, 1.807) is 48.5 Å². The molecule has 1 saturated carbocycles. The first-order valence-corrected chi connectivity index (χ1v) is 18.5. The Kier molecular flexibility index (Phi) is 15.5. The molecule has 9 nitrogen and oxygen atoms in total. The zero-order valence-electron chi connectivity index (χ0n) is 30.0. The van der Waals surface area contributed by atoms with Crippen molar-refractivity contribution in [1.82, 2.24) is 0 Å². The van der Waals surface area contributed by atoms with Crippen LogP contribution >= 0.6 is 7.14 Å². The SMILES string of the molecule is C.COc1cccc(OC)c1C(=O)P(=O)(CC(C)CC(C)(C)C)C(=O)c1c(OC)cccc1OC.O=C(c1ccccc1)C1(O)CCCCC1. The molecule has 0 amide bonds. The van der Waals surface area contributed by atoms with E-state index >= 15 is 0 Å². The van der Waals surface area contributed by atoms with Gasteiger partial charge in [-0.2, -0.15) is 0 Å². The van der Waals surface area contributed by atoms with Gasteiger partial charge >= 0.3 is 0 Å². The molecule has 4 rings (SSSR count). The van der Waals surface area contributed by atoms with Crippen LogP contribution in [-0.4, -0.2) is 62.1 Å². The van der Waals surface area contributed by atoms with Gasteiger partial charge < -0.3 is 28.6 Å². The number of ether oxygens (including phenoxy) is 4. The van der Waals surface area contributed by atoms with E-state index in [0.717, 1.165) is 19.3 Å². The van der Waals surface area contributed by atoms with E-state index in [1.165, 1.54) is 28.4 Å². The number of hydrogen-bond acceptors (Lipinski definition) is 9. The second kappa shape index (κ2) is 18.3. The summed E-state index contributed by atoms with van der Waals surface area (Å²) in [6.45, 7) is 8.08. The van der Waals surface area contributed by atoms with E-state index < -0.39 is 23.8 Å². The third-order valence-corrected chi connectivity index (χ3v) is 11.5. The minimum Gasteiger partial charge on any atom is -0.496 e. The van der Waals surface area contributed by atoms with Crippen molar-refractivity contribution in [2.24, 2.45) is 11.3 Å². The van der Waals surface area contributed by atoms with Gasteiger partial charge in [0.05, 0.1) is 28.4 Å². The second-order valence-electron chi connectivity index (χ2n) is 13.8. The summed E-state index contributed by atoms with van der Waals surface area (Å²) in [5, 5.41) is 10.2. The summed E-state index contributed by atoms with van der Waals surface area (Å²) in [6, 6.07) is 18.7. The first-order valence-electron chi connectivity index (χ1n) is 16.6. The first-order chi connectivity index (χ1) is 23.2. The number of carbonyl (C=O) groups excluding carboxylic acids is 3. The third kappa shape index (κ3) is 10.1. The van der Waals surface area contributed by atoms with Crippen molar-refractivity contribution in [3.63, 3.8) is 0 Å². The number of carbonyl (C=O) groups is 3. The van der Waals surface area contributed by atoms with Crippen LogP contribution in [0.15, 0.2) is 66.7 Å². The van der Waals surface area contributed by atoms with Gasteiger partial charge in [0.15, 0.2) is 5.78 Å². The third-order valence-electron chi connectivity index (χ3n) is 8.61. The van der Waals surface area contributed by atoms with Crippen LogP contribution in [0.3, 0.4) is 0 Å². The Hall–Kier alpha value is -3.94. The summed E-state index contributed by atoms with van der Waals surface area (Å²) < 4.78 is 36.2. The van der Waals surface area contributed by atoms with Crippen molar-refractivity contribution in [3.05, 3.63) is 83.4 Å². The van der Waals surface area contributed by atoms with Gasteiger partial charge in [-0.05, 0) is 54.9 Å². The maximum atomic E-state index is 14.7. The number of aliphatic hydroxyl groups is 1. The quantitative estimate of drug-likeness (QED) is 0.136. The van der Waals surface area contributed by atoms with Gasteiger partial charge in [-0.3, -0.25) is 14.4 Å². The highest BCUT2D eigenvalue weighted by Crippen LogP contribution is 2.58. The molecule has 10 heteroatoms. The number of ketones is 1. The maximum Gasteiger partial charge on any atom is 0.236 e. The lowest BCUT2D eigenvalue weighted by Gasteiger charge is -2.30. The molecule has 1 unspecified atom stereocenters. The van der Waals surface area contributed by atoms with Crippen LogP contribution < -0.4 is 18.9 Å². The minimum atomic E-state index is -4.25. The van der Waals surface area contributed by atoms with Crippen molar-refractivity contribution in [2.75, 3.05) is 34.6 Å². The molecule has 1 N–H and O–H groups in total. The minimum absolute atomic E-state index is 0. The average Bonchev–Trinajstić information content (AvgIpc) is 3.09. The molecule has 0 saturated heterocycles. The number of methoxy groups -OCH3 is 4. The fraction of sp³-hybridized carbons (Fsp3) is 0.475. The summed E-state index contributed by atoms with van der Waals surface area (Å²) in [5.74, 6) is 0.462. The van der Waals surface area contributed by atoms with Gasteiger partial charge in [-0.1, -0.05) is 96.8 Å². The topological polar surface area (TPSA) is 125 Å². The largest absolute Gasteiger partial charge is 0.496 e. The molecule has 0 radical (unpaired) electrons. The molecule has 3 aromatic rings. The van der Waals surface area contributed by atoms with E-state index in [2.05, 4.69) is 20.8 Å².